The maximum absolute atomic E-state index is 12.9. The van der Waals surface area contributed by atoms with Crippen LogP contribution in [0.4, 0.5) is 11.4 Å². The van der Waals surface area contributed by atoms with Gasteiger partial charge in [0.15, 0.2) is 0 Å². The van der Waals surface area contributed by atoms with Crippen LogP contribution >= 0.6 is 0 Å². The van der Waals surface area contributed by atoms with E-state index in [9.17, 15) is 13.2 Å². The fourth-order valence-electron chi connectivity index (χ4n) is 3.16. The molecule has 5 nitrogen and oxygen atoms in total. The molecule has 0 saturated heterocycles. The fourth-order valence-corrected chi connectivity index (χ4v) is 4.24. The normalized spacial score (nSPS) is 11.2. The van der Waals surface area contributed by atoms with Gasteiger partial charge in [0.25, 0.3) is 15.9 Å². The molecular formula is C24H20N2O3S. The molecule has 0 radical (unpaired) electrons. The molecule has 0 aliphatic rings. The van der Waals surface area contributed by atoms with Gasteiger partial charge in [-0.15, -0.1) is 0 Å². The molecular weight excluding hydrogens is 396 g/mol. The quantitative estimate of drug-likeness (QED) is 0.469. The highest BCUT2D eigenvalue weighted by Gasteiger charge is 2.18. The van der Waals surface area contributed by atoms with Crippen molar-refractivity contribution in [1.82, 2.24) is 0 Å². The highest BCUT2D eigenvalue weighted by Crippen LogP contribution is 2.23. The Morgan fingerprint density at radius 1 is 0.767 bits per heavy atom. The summed E-state index contributed by atoms with van der Waals surface area (Å²) in [5.41, 5.74) is 2.05. The molecule has 2 N–H and O–H groups in total. The van der Waals surface area contributed by atoms with Gasteiger partial charge in [0.2, 0.25) is 0 Å². The Bertz CT molecular complexity index is 1330. The molecule has 0 aliphatic heterocycles. The molecule has 0 heterocycles. The number of para-hydroxylation sites is 1. The number of amides is 1. The molecule has 6 heteroatoms. The zero-order valence-corrected chi connectivity index (χ0v) is 17.1. The van der Waals surface area contributed by atoms with E-state index in [4.69, 9.17) is 0 Å². The molecule has 0 saturated carbocycles. The standard InChI is InChI=1S/C24H20N2O3S/c1-17-10-14-21(15-11-17)30(28,29)26-23-9-5-4-8-22(23)24(27)25-20-13-12-18-6-2-3-7-19(18)16-20/h2-16,26H,1H3,(H,25,27). The monoisotopic (exact) mass is 416 g/mol. The highest BCUT2D eigenvalue weighted by atomic mass is 32.2. The first-order valence-corrected chi connectivity index (χ1v) is 10.9. The van der Waals surface area contributed by atoms with Gasteiger partial charge in [0.05, 0.1) is 16.1 Å². The maximum Gasteiger partial charge on any atom is 0.261 e. The van der Waals surface area contributed by atoms with Crippen LogP contribution in [0.5, 0.6) is 0 Å². The van der Waals surface area contributed by atoms with Gasteiger partial charge in [-0.05, 0) is 54.1 Å². The minimum absolute atomic E-state index is 0.137. The van der Waals surface area contributed by atoms with E-state index in [0.717, 1.165) is 16.3 Å². The van der Waals surface area contributed by atoms with E-state index in [1.807, 2.05) is 49.4 Å². The molecule has 4 aromatic carbocycles. The van der Waals surface area contributed by atoms with E-state index < -0.39 is 15.9 Å². The van der Waals surface area contributed by atoms with Crippen LogP contribution in [0, 0.1) is 6.92 Å². The molecule has 4 rings (SSSR count). The summed E-state index contributed by atoms with van der Waals surface area (Å²) < 4.78 is 28.0. The number of hydrogen-bond acceptors (Lipinski definition) is 3. The van der Waals surface area contributed by atoms with Crippen molar-refractivity contribution in [3.8, 4) is 0 Å². The lowest BCUT2D eigenvalue weighted by molar-refractivity contribution is 0.102. The van der Waals surface area contributed by atoms with Crippen molar-refractivity contribution in [3.63, 3.8) is 0 Å². The summed E-state index contributed by atoms with van der Waals surface area (Å²) >= 11 is 0. The smallest absolute Gasteiger partial charge is 0.261 e. The summed E-state index contributed by atoms with van der Waals surface area (Å²) in [6, 6.07) is 26.5. The number of nitrogens with one attached hydrogen (secondary N) is 2. The average molecular weight is 417 g/mol. The number of hydrogen-bond donors (Lipinski definition) is 2. The summed E-state index contributed by atoms with van der Waals surface area (Å²) in [7, 11) is -3.82. The number of fused-ring (bicyclic) bond motifs is 1. The fraction of sp³-hybridized carbons (Fsp3) is 0.0417. The second-order valence-electron chi connectivity index (χ2n) is 6.98. The third kappa shape index (κ3) is 4.18. The molecule has 0 bridgehead atoms. The van der Waals surface area contributed by atoms with Gasteiger partial charge in [0, 0.05) is 5.69 Å². The summed E-state index contributed by atoms with van der Waals surface area (Å²) in [4.78, 5) is 13.0. The summed E-state index contributed by atoms with van der Waals surface area (Å²) in [6.07, 6.45) is 0. The lowest BCUT2D eigenvalue weighted by Gasteiger charge is -2.13. The van der Waals surface area contributed by atoms with Crippen molar-refractivity contribution in [2.75, 3.05) is 10.0 Å². The van der Waals surface area contributed by atoms with Crippen molar-refractivity contribution in [1.29, 1.82) is 0 Å². The van der Waals surface area contributed by atoms with Crippen molar-refractivity contribution >= 4 is 38.1 Å². The number of anilines is 2. The van der Waals surface area contributed by atoms with Crippen LogP contribution in [0.25, 0.3) is 10.8 Å². The number of carbonyl (C=O) groups is 1. The van der Waals surface area contributed by atoms with Gasteiger partial charge < -0.3 is 5.32 Å². The minimum Gasteiger partial charge on any atom is -0.322 e. The van der Waals surface area contributed by atoms with E-state index in [1.54, 1.807) is 36.4 Å². The third-order valence-electron chi connectivity index (χ3n) is 4.75. The number of carbonyl (C=O) groups excluding carboxylic acids is 1. The third-order valence-corrected chi connectivity index (χ3v) is 6.14. The van der Waals surface area contributed by atoms with Crippen molar-refractivity contribution < 1.29 is 13.2 Å². The molecule has 0 spiro atoms. The Morgan fingerprint density at radius 2 is 1.43 bits per heavy atom. The van der Waals surface area contributed by atoms with Crippen LogP contribution in [0.1, 0.15) is 15.9 Å². The Kier molecular flexibility index (Phi) is 5.25. The van der Waals surface area contributed by atoms with E-state index in [0.29, 0.717) is 5.69 Å². The molecule has 0 fully saturated rings. The Balaban J connectivity index is 1.60. The molecule has 30 heavy (non-hydrogen) atoms. The van der Waals surface area contributed by atoms with Crippen LogP contribution in [0.15, 0.2) is 95.9 Å². The number of benzene rings is 4. The second-order valence-corrected chi connectivity index (χ2v) is 8.66. The first-order chi connectivity index (χ1) is 14.4. The zero-order chi connectivity index (χ0) is 21.1. The number of aryl methyl sites for hydroxylation is 1. The first kappa shape index (κ1) is 19.7. The van der Waals surface area contributed by atoms with E-state index in [-0.39, 0.29) is 16.1 Å². The summed E-state index contributed by atoms with van der Waals surface area (Å²) in [5.74, 6) is -0.396. The Labute approximate surface area is 175 Å². The van der Waals surface area contributed by atoms with Crippen LogP contribution < -0.4 is 10.0 Å². The number of rotatable bonds is 5. The predicted molar refractivity (Wildman–Crippen MR) is 120 cm³/mol. The lowest BCUT2D eigenvalue weighted by Crippen LogP contribution is -2.18. The predicted octanol–water partition coefficient (Wildman–Crippen LogP) is 5.20. The van der Waals surface area contributed by atoms with Gasteiger partial charge in [-0.2, -0.15) is 0 Å². The lowest BCUT2D eigenvalue weighted by atomic mass is 10.1. The SMILES string of the molecule is Cc1ccc(S(=O)(=O)Nc2ccccc2C(=O)Nc2ccc3ccccc3c2)cc1. The second kappa shape index (κ2) is 8.00. The van der Waals surface area contributed by atoms with E-state index in [2.05, 4.69) is 10.0 Å². The number of sulfonamides is 1. The van der Waals surface area contributed by atoms with E-state index >= 15 is 0 Å². The van der Waals surface area contributed by atoms with Crippen molar-refractivity contribution in [2.24, 2.45) is 0 Å². The van der Waals surface area contributed by atoms with Crippen LogP contribution in [0.2, 0.25) is 0 Å². The molecule has 1 amide bonds. The van der Waals surface area contributed by atoms with Crippen LogP contribution in [-0.2, 0) is 10.0 Å². The topological polar surface area (TPSA) is 75.3 Å². The molecule has 4 aromatic rings. The highest BCUT2D eigenvalue weighted by molar-refractivity contribution is 7.92. The van der Waals surface area contributed by atoms with Gasteiger partial charge in [0.1, 0.15) is 0 Å². The molecule has 0 atom stereocenters. The summed E-state index contributed by atoms with van der Waals surface area (Å²) in [5, 5.41) is 4.92. The Hall–Kier alpha value is -3.64. The van der Waals surface area contributed by atoms with Crippen LogP contribution in [0.3, 0.4) is 0 Å². The maximum atomic E-state index is 12.9. The van der Waals surface area contributed by atoms with Crippen molar-refractivity contribution in [2.45, 2.75) is 11.8 Å². The van der Waals surface area contributed by atoms with Gasteiger partial charge >= 0.3 is 0 Å². The van der Waals surface area contributed by atoms with E-state index in [1.165, 1.54) is 12.1 Å². The Morgan fingerprint density at radius 3 is 2.20 bits per heavy atom. The largest absolute Gasteiger partial charge is 0.322 e. The summed E-state index contributed by atoms with van der Waals surface area (Å²) in [6.45, 7) is 1.89. The van der Waals surface area contributed by atoms with Crippen LogP contribution in [-0.4, -0.2) is 14.3 Å². The van der Waals surface area contributed by atoms with Gasteiger partial charge in [-0.3, -0.25) is 9.52 Å². The molecule has 0 aromatic heterocycles. The van der Waals surface area contributed by atoms with Gasteiger partial charge in [-0.1, -0.05) is 60.2 Å². The molecule has 0 unspecified atom stereocenters. The van der Waals surface area contributed by atoms with Crippen molar-refractivity contribution in [3.05, 3.63) is 102 Å². The minimum atomic E-state index is -3.82. The first-order valence-electron chi connectivity index (χ1n) is 9.41. The van der Waals surface area contributed by atoms with Gasteiger partial charge in [-0.25, -0.2) is 8.42 Å². The average Bonchev–Trinajstić information content (AvgIpc) is 2.74. The zero-order valence-electron chi connectivity index (χ0n) is 16.3. The molecule has 0 aliphatic carbocycles. The molecule has 150 valence electrons.